The highest BCUT2D eigenvalue weighted by Crippen LogP contribution is 2.38. The Labute approximate surface area is 91.0 Å². The van der Waals surface area contributed by atoms with E-state index >= 15 is 0 Å². The van der Waals surface area contributed by atoms with Crippen molar-refractivity contribution in [2.24, 2.45) is 17.6 Å². The van der Waals surface area contributed by atoms with Gasteiger partial charge in [0.2, 0.25) is 5.91 Å². The molecule has 1 aliphatic heterocycles. The smallest absolute Gasteiger partial charge is 0.223 e. The molecule has 2 aliphatic carbocycles. The van der Waals surface area contributed by atoms with E-state index in [1.165, 1.54) is 19.3 Å². The molecule has 3 aliphatic rings. The average molecular weight is 208 g/mol. The summed E-state index contributed by atoms with van der Waals surface area (Å²) in [7, 11) is 0. The molecule has 3 fully saturated rings. The Balaban J connectivity index is 1.63. The van der Waals surface area contributed by atoms with Crippen LogP contribution in [0.2, 0.25) is 0 Å². The van der Waals surface area contributed by atoms with Crippen LogP contribution in [0.1, 0.15) is 38.5 Å². The van der Waals surface area contributed by atoms with Crippen molar-refractivity contribution in [3.8, 4) is 0 Å². The first-order chi connectivity index (χ1) is 7.22. The molecule has 1 heterocycles. The fraction of sp³-hybridized carbons (Fsp3) is 0.917. The zero-order valence-electron chi connectivity index (χ0n) is 9.19. The second-order valence-corrected chi connectivity index (χ2v) is 5.68. The van der Waals surface area contributed by atoms with Crippen LogP contribution in [0.3, 0.4) is 0 Å². The van der Waals surface area contributed by atoms with E-state index in [1.807, 2.05) is 0 Å². The summed E-state index contributed by atoms with van der Waals surface area (Å²) in [6.45, 7) is 0.990. The van der Waals surface area contributed by atoms with Crippen LogP contribution in [-0.2, 0) is 4.79 Å². The number of carbonyl (C=O) groups excluding carboxylic acids is 1. The molecule has 0 aromatic heterocycles. The van der Waals surface area contributed by atoms with Gasteiger partial charge < -0.3 is 10.6 Å². The molecule has 2 N–H and O–H groups in total. The Hall–Kier alpha value is -0.570. The average Bonchev–Trinajstić information content (AvgIpc) is 2.91. The summed E-state index contributed by atoms with van der Waals surface area (Å²) >= 11 is 0. The zero-order chi connectivity index (χ0) is 10.4. The number of carbonyl (C=O) groups is 1. The molecule has 0 spiro atoms. The molecule has 2 saturated carbocycles. The van der Waals surface area contributed by atoms with Crippen molar-refractivity contribution in [3.63, 3.8) is 0 Å². The van der Waals surface area contributed by atoms with E-state index in [9.17, 15) is 4.79 Å². The van der Waals surface area contributed by atoms with Crippen molar-refractivity contribution in [1.29, 1.82) is 0 Å². The third kappa shape index (κ3) is 1.89. The minimum absolute atomic E-state index is 0.340. The maximum Gasteiger partial charge on any atom is 0.223 e. The third-order valence-corrected chi connectivity index (χ3v) is 4.19. The largest absolute Gasteiger partial charge is 0.339 e. The zero-order valence-corrected chi connectivity index (χ0v) is 9.19. The predicted molar refractivity (Wildman–Crippen MR) is 58.2 cm³/mol. The van der Waals surface area contributed by atoms with E-state index in [-0.39, 0.29) is 0 Å². The minimum atomic E-state index is 0.340. The molecular weight excluding hydrogens is 188 g/mol. The van der Waals surface area contributed by atoms with E-state index in [4.69, 9.17) is 5.73 Å². The number of likely N-dealkylation sites (tertiary alicyclic amines) is 1. The van der Waals surface area contributed by atoms with Gasteiger partial charge in [-0.3, -0.25) is 4.79 Å². The molecule has 0 aromatic rings. The van der Waals surface area contributed by atoms with Crippen molar-refractivity contribution >= 4 is 5.91 Å². The Morgan fingerprint density at radius 3 is 2.80 bits per heavy atom. The van der Waals surface area contributed by atoms with Gasteiger partial charge in [0.05, 0.1) is 0 Å². The van der Waals surface area contributed by atoms with Crippen LogP contribution in [0.25, 0.3) is 0 Å². The van der Waals surface area contributed by atoms with Crippen LogP contribution >= 0.6 is 0 Å². The summed E-state index contributed by atoms with van der Waals surface area (Å²) in [5, 5.41) is 0. The van der Waals surface area contributed by atoms with Crippen molar-refractivity contribution in [2.45, 2.75) is 50.6 Å². The van der Waals surface area contributed by atoms with Crippen molar-refractivity contribution in [2.75, 3.05) is 6.54 Å². The van der Waals surface area contributed by atoms with Gasteiger partial charge in [0, 0.05) is 25.0 Å². The molecule has 1 saturated heterocycles. The lowest BCUT2D eigenvalue weighted by Gasteiger charge is -2.27. The minimum Gasteiger partial charge on any atom is -0.339 e. The highest BCUT2D eigenvalue weighted by atomic mass is 16.2. The molecule has 3 nitrogen and oxygen atoms in total. The lowest BCUT2D eigenvalue weighted by Crippen LogP contribution is -2.38. The van der Waals surface area contributed by atoms with E-state index in [2.05, 4.69) is 4.90 Å². The van der Waals surface area contributed by atoms with Crippen LogP contribution in [-0.4, -0.2) is 29.4 Å². The van der Waals surface area contributed by atoms with E-state index in [0.717, 1.165) is 25.8 Å². The summed E-state index contributed by atoms with van der Waals surface area (Å²) in [5.41, 5.74) is 5.99. The number of hydrogen-bond donors (Lipinski definition) is 1. The maximum absolute atomic E-state index is 12.0. The Morgan fingerprint density at radius 2 is 2.07 bits per heavy atom. The number of hydrogen-bond acceptors (Lipinski definition) is 2. The maximum atomic E-state index is 12.0. The van der Waals surface area contributed by atoms with E-state index in [0.29, 0.717) is 29.8 Å². The van der Waals surface area contributed by atoms with Gasteiger partial charge in [-0.1, -0.05) is 0 Å². The monoisotopic (exact) mass is 208 g/mol. The molecule has 3 rings (SSSR count). The van der Waals surface area contributed by atoms with Gasteiger partial charge in [-0.25, -0.2) is 0 Å². The number of rotatable bonds is 2. The fourth-order valence-electron chi connectivity index (χ4n) is 3.27. The normalized spacial score (nSPS) is 39.5. The van der Waals surface area contributed by atoms with Crippen LogP contribution in [0.15, 0.2) is 0 Å². The first kappa shape index (κ1) is 9.64. The lowest BCUT2D eigenvalue weighted by atomic mass is 9.87. The van der Waals surface area contributed by atoms with Gasteiger partial charge in [-0.2, -0.15) is 0 Å². The van der Waals surface area contributed by atoms with E-state index < -0.39 is 0 Å². The second kappa shape index (κ2) is 3.48. The Bertz CT molecular complexity index is 275. The molecule has 3 unspecified atom stereocenters. The van der Waals surface area contributed by atoms with Crippen molar-refractivity contribution < 1.29 is 4.79 Å². The number of amides is 1. The molecular formula is C12H20N2O. The third-order valence-electron chi connectivity index (χ3n) is 4.19. The molecule has 3 atom stereocenters. The molecule has 3 heteroatoms. The fourth-order valence-corrected chi connectivity index (χ4v) is 3.27. The van der Waals surface area contributed by atoms with Gasteiger partial charge in [0.15, 0.2) is 0 Å². The quantitative estimate of drug-likeness (QED) is 0.739. The van der Waals surface area contributed by atoms with Gasteiger partial charge in [-0.15, -0.1) is 0 Å². The summed E-state index contributed by atoms with van der Waals surface area (Å²) in [6, 6.07) is 0.817. The predicted octanol–water partition coefficient (Wildman–Crippen LogP) is 1.12. The summed E-state index contributed by atoms with van der Waals surface area (Å²) < 4.78 is 0. The van der Waals surface area contributed by atoms with Gasteiger partial charge in [-0.05, 0) is 43.9 Å². The van der Waals surface area contributed by atoms with E-state index in [1.54, 1.807) is 0 Å². The standard InChI is InChI=1S/C12H20N2O/c13-10-3-9-4-11(6-10)14(7-9)12(15)5-8-1-2-8/h8-11H,1-7,13H2. The molecule has 15 heavy (non-hydrogen) atoms. The topological polar surface area (TPSA) is 46.3 Å². The molecule has 84 valence electrons. The lowest BCUT2D eigenvalue weighted by molar-refractivity contribution is -0.132. The van der Waals surface area contributed by atoms with Gasteiger partial charge in [0.25, 0.3) is 0 Å². The second-order valence-electron chi connectivity index (χ2n) is 5.68. The first-order valence-electron chi connectivity index (χ1n) is 6.27. The SMILES string of the molecule is NC1CC2CC(C1)N(C(=O)CC1CC1)C2. The highest BCUT2D eigenvalue weighted by molar-refractivity contribution is 5.77. The van der Waals surface area contributed by atoms with Gasteiger partial charge >= 0.3 is 0 Å². The van der Waals surface area contributed by atoms with Crippen LogP contribution in [0.4, 0.5) is 0 Å². The Kier molecular flexibility index (Phi) is 2.23. The first-order valence-corrected chi connectivity index (χ1v) is 6.27. The van der Waals surface area contributed by atoms with Crippen molar-refractivity contribution in [1.82, 2.24) is 4.90 Å². The van der Waals surface area contributed by atoms with Crippen LogP contribution < -0.4 is 5.73 Å². The van der Waals surface area contributed by atoms with Crippen molar-refractivity contribution in [3.05, 3.63) is 0 Å². The summed E-state index contributed by atoms with van der Waals surface area (Å²) in [5.74, 6) is 1.81. The van der Waals surface area contributed by atoms with Crippen LogP contribution in [0.5, 0.6) is 0 Å². The summed E-state index contributed by atoms with van der Waals surface area (Å²) in [4.78, 5) is 14.2. The molecule has 0 radical (unpaired) electrons. The molecule has 1 amide bonds. The number of fused-ring (bicyclic) bond motifs is 2. The molecule has 2 bridgehead atoms. The Morgan fingerprint density at radius 1 is 1.27 bits per heavy atom. The number of nitrogens with two attached hydrogens (primary N) is 1. The number of nitrogens with zero attached hydrogens (tertiary/aromatic N) is 1. The summed E-state index contributed by atoms with van der Waals surface area (Å²) in [6.07, 6.45) is 6.72. The molecule has 0 aromatic carbocycles. The van der Waals surface area contributed by atoms with Crippen LogP contribution in [0, 0.1) is 11.8 Å². The highest BCUT2D eigenvalue weighted by Gasteiger charge is 2.41. The van der Waals surface area contributed by atoms with Gasteiger partial charge in [0.1, 0.15) is 0 Å².